The molecule has 16 heavy (non-hydrogen) atoms. The predicted molar refractivity (Wildman–Crippen MR) is 68.2 cm³/mol. The summed E-state index contributed by atoms with van der Waals surface area (Å²) in [6.07, 6.45) is 2.21. The normalized spacial score (nSPS) is 24.4. The molecule has 1 heterocycles. The van der Waals surface area contributed by atoms with Gasteiger partial charge >= 0.3 is 0 Å². The number of nitrogens with two attached hydrogens (primary N) is 1. The zero-order valence-corrected chi connectivity index (χ0v) is 10.7. The van der Waals surface area contributed by atoms with E-state index in [1.54, 1.807) is 0 Å². The van der Waals surface area contributed by atoms with Gasteiger partial charge in [-0.3, -0.25) is 10.4 Å². The first-order chi connectivity index (χ1) is 7.69. The molecule has 0 aromatic carbocycles. The molecule has 0 amide bonds. The number of guanidine groups is 1. The van der Waals surface area contributed by atoms with Gasteiger partial charge in [0.2, 0.25) is 5.96 Å². The molecule has 1 aliphatic heterocycles. The topological polar surface area (TPSA) is 56.9 Å². The van der Waals surface area contributed by atoms with Crippen LogP contribution in [0.3, 0.4) is 0 Å². The molecule has 0 aromatic heterocycles. The molecule has 5 nitrogen and oxygen atoms in total. The Kier molecular flexibility index (Phi) is 5.55. The number of aliphatic imine (C=N–C) groups is 1. The Labute approximate surface area is 98.7 Å². The van der Waals surface area contributed by atoms with Gasteiger partial charge in [0.1, 0.15) is 0 Å². The van der Waals surface area contributed by atoms with Crippen LogP contribution in [0.5, 0.6) is 0 Å². The fourth-order valence-electron chi connectivity index (χ4n) is 2.12. The van der Waals surface area contributed by atoms with Crippen molar-refractivity contribution in [3.8, 4) is 0 Å². The summed E-state index contributed by atoms with van der Waals surface area (Å²) in [4.78, 5) is 9.13. The van der Waals surface area contributed by atoms with Crippen molar-refractivity contribution >= 4 is 5.96 Å². The van der Waals surface area contributed by atoms with E-state index in [0.29, 0.717) is 6.04 Å². The van der Waals surface area contributed by atoms with Crippen molar-refractivity contribution in [3.63, 3.8) is 0 Å². The molecule has 0 aromatic rings. The van der Waals surface area contributed by atoms with Crippen LogP contribution in [0.25, 0.3) is 0 Å². The van der Waals surface area contributed by atoms with Crippen LogP contribution in [0.2, 0.25) is 0 Å². The average molecular weight is 227 g/mol. The van der Waals surface area contributed by atoms with E-state index in [4.69, 9.17) is 5.84 Å². The first-order valence-electron chi connectivity index (χ1n) is 6.15. The third-order valence-electron chi connectivity index (χ3n) is 2.93. The average Bonchev–Trinajstić information content (AvgIpc) is 2.42. The number of likely N-dealkylation sites (N-methyl/N-ethyl adjacent to an activating group) is 1. The SMILES string of the molecule is CCCN=C(NN)N1CCCN(C)CC1C. The minimum atomic E-state index is 0.458. The van der Waals surface area contributed by atoms with E-state index in [2.05, 4.69) is 41.1 Å². The van der Waals surface area contributed by atoms with E-state index in [0.717, 1.165) is 45.0 Å². The summed E-state index contributed by atoms with van der Waals surface area (Å²) in [5, 5.41) is 0. The lowest BCUT2D eigenvalue weighted by molar-refractivity contribution is 0.280. The zero-order valence-electron chi connectivity index (χ0n) is 10.7. The van der Waals surface area contributed by atoms with Crippen LogP contribution in [0, 0.1) is 0 Å². The first kappa shape index (κ1) is 13.3. The maximum absolute atomic E-state index is 5.56. The van der Waals surface area contributed by atoms with E-state index in [1.807, 2.05) is 0 Å². The maximum Gasteiger partial charge on any atom is 0.208 e. The number of hydrogen-bond acceptors (Lipinski definition) is 3. The largest absolute Gasteiger partial charge is 0.338 e. The Balaban J connectivity index is 2.67. The molecule has 0 aliphatic carbocycles. The lowest BCUT2D eigenvalue weighted by Crippen LogP contribution is -2.50. The fourth-order valence-corrected chi connectivity index (χ4v) is 2.12. The quantitative estimate of drug-likeness (QED) is 0.307. The second kappa shape index (κ2) is 6.70. The van der Waals surface area contributed by atoms with Crippen molar-refractivity contribution in [2.24, 2.45) is 10.8 Å². The van der Waals surface area contributed by atoms with Gasteiger partial charge < -0.3 is 9.80 Å². The first-order valence-corrected chi connectivity index (χ1v) is 6.15. The number of nitrogens with one attached hydrogen (secondary N) is 1. The summed E-state index contributed by atoms with van der Waals surface area (Å²) in [5.74, 6) is 6.39. The molecule has 0 saturated carbocycles. The van der Waals surface area contributed by atoms with Gasteiger partial charge in [-0.05, 0) is 33.4 Å². The molecular weight excluding hydrogens is 202 g/mol. The summed E-state index contributed by atoms with van der Waals surface area (Å²) in [6.45, 7) is 8.41. The highest BCUT2D eigenvalue weighted by Gasteiger charge is 2.21. The van der Waals surface area contributed by atoms with Gasteiger partial charge in [0, 0.05) is 25.7 Å². The van der Waals surface area contributed by atoms with E-state index < -0.39 is 0 Å². The Morgan fingerprint density at radius 1 is 1.50 bits per heavy atom. The van der Waals surface area contributed by atoms with Crippen molar-refractivity contribution in [2.45, 2.75) is 32.7 Å². The van der Waals surface area contributed by atoms with Crippen LogP contribution >= 0.6 is 0 Å². The molecule has 1 saturated heterocycles. The third-order valence-corrected chi connectivity index (χ3v) is 2.93. The van der Waals surface area contributed by atoms with Gasteiger partial charge in [-0.1, -0.05) is 6.92 Å². The van der Waals surface area contributed by atoms with Gasteiger partial charge in [0.05, 0.1) is 0 Å². The summed E-state index contributed by atoms with van der Waals surface area (Å²) in [6, 6.07) is 0.458. The minimum absolute atomic E-state index is 0.458. The van der Waals surface area contributed by atoms with Crippen LogP contribution in [-0.2, 0) is 0 Å². The van der Waals surface area contributed by atoms with Crippen LogP contribution < -0.4 is 11.3 Å². The Morgan fingerprint density at radius 2 is 2.25 bits per heavy atom. The highest BCUT2D eigenvalue weighted by Crippen LogP contribution is 2.08. The molecule has 1 rings (SSSR count). The lowest BCUT2D eigenvalue weighted by atomic mass is 10.3. The van der Waals surface area contributed by atoms with Gasteiger partial charge in [0.25, 0.3) is 0 Å². The number of rotatable bonds is 2. The van der Waals surface area contributed by atoms with E-state index >= 15 is 0 Å². The molecule has 0 bridgehead atoms. The number of hydrazine groups is 1. The van der Waals surface area contributed by atoms with Crippen molar-refractivity contribution in [3.05, 3.63) is 0 Å². The lowest BCUT2D eigenvalue weighted by Gasteiger charge is -2.30. The minimum Gasteiger partial charge on any atom is -0.338 e. The summed E-state index contributed by atoms with van der Waals surface area (Å²) < 4.78 is 0. The molecule has 0 spiro atoms. The van der Waals surface area contributed by atoms with Crippen molar-refractivity contribution < 1.29 is 0 Å². The van der Waals surface area contributed by atoms with Gasteiger partial charge in [-0.2, -0.15) is 0 Å². The summed E-state index contributed by atoms with van der Waals surface area (Å²) >= 11 is 0. The summed E-state index contributed by atoms with van der Waals surface area (Å²) in [5.41, 5.74) is 2.74. The molecule has 94 valence electrons. The molecule has 1 aliphatic rings. The van der Waals surface area contributed by atoms with Crippen molar-refractivity contribution in [2.75, 3.05) is 33.2 Å². The fraction of sp³-hybridized carbons (Fsp3) is 0.909. The van der Waals surface area contributed by atoms with Crippen molar-refractivity contribution in [1.29, 1.82) is 0 Å². The highest BCUT2D eigenvalue weighted by atomic mass is 15.4. The monoisotopic (exact) mass is 227 g/mol. The van der Waals surface area contributed by atoms with Gasteiger partial charge in [-0.25, -0.2) is 5.84 Å². The molecule has 1 unspecified atom stereocenters. The second-order valence-electron chi connectivity index (χ2n) is 4.51. The van der Waals surface area contributed by atoms with E-state index in [-0.39, 0.29) is 0 Å². The smallest absolute Gasteiger partial charge is 0.208 e. The second-order valence-corrected chi connectivity index (χ2v) is 4.51. The maximum atomic E-state index is 5.56. The molecule has 0 radical (unpaired) electrons. The van der Waals surface area contributed by atoms with Crippen LogP contribution in [0.4, 0.5) is 0 Å². The Bertz CT molecular complexity index is 228. The molecule has 1 atom stereocenters. The van der Waals surface area contributed by atoms with E-state index in [9.17, 15) is 0 Å². The Hall–Kier alpha value is -0.810. The Morgan fingerprint density at radius 3 is 2.88 bits per heavy atom. The van der Waals surface area contributed by atoms with Crippen LogP contribution in [-0.4, -0.2) is 55.0 Å². The molecular formula is C11H25N5. The number of hydrogen-bond donors (Lipinski definition) is 2. The van der Waals surface area contributed by atoms with Crippen LogP contribution in [0.15, 0.2) is 4.99 Å². The van der Waals surface area contributed by atoms with Crippen LogP contribution in [0.1, 0.15) is 26.7 Å². The predicted octanol–water partition coefficient (Wildman–Crippen LogP) is 0.242. The van der Waals surface area contributed by atoms with Crippen molar-refractivity contribution in [1.82, 2.24) is 15.2 Å². The summed E-state index contributed by atoms with van der Waals surface area (Å²) in [7, 11) is 2.17. The van der Waals surface area contributed by atoms with Gasteiger partial charge in [0.15, 0.2) is 0 Å². The standard InChI is InChI=1S/C11H25N5/c1-4-6-13-11(14-12)16-8-5-7-15(3)9-10(16)2/h10H,4-9,12H2,1-3H3,(H,13,14). The van der Waals surface area contributed by atoms with E-state index in [1.165, 1.54) is 0 Å². The molecule has 5 heteroatoms. The molecule has 3 N–H and O–H groups in total. The highest BCUT2D eigenvalue weighted by molar-refractivity contribution is 5.79. The molecule has 1 fully saturated rings. The van der Waals surface area contributed by atoms with Gasteiger partial charge in [-0.15, -0.1) is 0 Å². The number of nitrogens with zero attached hydrogens (tertiary/aromatic N) is 3. The zero-order chi connectivity index (χ0) is 12.0. The third kappa shape index (κ3) is 3.64.